The van der Waals surface area contributed by atoms with E-state index in [1.165, 1.54) is 0 Å². The van der Waals surface area contributed by atoms with Crippen molar-refractivity contribution in [2.45, 2.75) is 38.1 Å². The van der Waals surface area contributed by atoms with Gasteiger partial charge in [0.2, 0.25) is 0 Å². The first-order valence-corrected chi connectivity index (χ1v) is 8.04. The van der Waals surface area contributed by atoms with Crippen LogP contribution in [0.2, 0.25) is 0 Å². The normalized spacial score (nSPS) is 25.7. The molecule has 1 aromatic rings. The number of alkyl halides is 3. The van der Waals surface area contributed by atoms with Crippen LogP contribution in [0.5, 0.6) is 5.75 Å². The average molecular weight is 356 g/mol. The van der Waals surface area contributed by atoms with Gasteiger partial charge in [0.25, 0.3) is 0 Å². The monoisotopic (exact) mass is 356 g/mol. The third-order valence-corrected chi connectivity index (χ3v) is 4.21. The lowest BCUT2D eigenvalue weighted by Gasteiger charge is -2.33. The van der Waals surface area contributed by atoms with E-state index in [-0.39, 0.29) is 18.6 Å². The largest absolute Gasteiger partial charge is 0.490 e. The lowest BCUT2D eigenvalue weighted by molar-refractivity contribution is -0.211. The summed E-state index contributed by atoms with van der Waals surface area (Å²) < 4.78 is 48.2. The van der Waals surface area contributed by atoms with Crippen LogP contribution in [0.4, 0.5) is 13.2 Å². The molecule has 0 amide bonds. The standard InChI is InChI=1S/C17H19F3N2O3/c1-10(2)24-13-3-11(6-21-8-13)14-5-16(4-12(14)7-22-9-16)25-15(23)17(18,19)20/h3,5-6,8,10,12,22H,4,7,9H2,1-2H3. The number of pyridine rings is 1. The first kappa shape index (κ1) is 17.7. The minimum atomic E-state index is -5.01. The van der Waals surface area contributed by atoms with Gasteiger partial charge in [0, 0.05) is 31.6 Å². The van der Waals surface area contributed by atoms with E-state index in [4.69, 9.17) is 9.47 Å². The van der Waals surface area contributed by atoms with Crippen molar-refractivity contribution in [1.82, 2.24) is 10.3 Å². The fourth-order valence-corrected chi connectivity index (χ4v) is 3.33. The Kier molecular flexibility index (Phi) is 4.49. The number of nitrogens with one attached hydrogen (secondary N) is 1. The molecule has 5 nitrogen and oxygen atoms in total. The third kappa shape index (κ3) is 3.78. The second-order valence-electron chi connectivity index (χ2n) is 6.66. The van der Waals surface area contributed by atoms with E-state index in [0.29, 0.717) is 18.7 Å². The molecular formula is C17H19F3N2O3. The van der Waals surface area contributed by atoms with E-state index in [0.717, 1.165) is 11.1 Å². The van der Waals surface area contributed by atoms with Gasteiger partial charge < -0.3 is 14.8 Å². The zero-order chi connectivity index (χ0) is 18.2. The molecule has 1 N–H and O–H groups in total. The van der Waals surface area contributed by atoms with Gasteiger partial charge in [0.1, 0.15) is 11.4 Å². The smallest absolute Gasteiger partial charge is 0.489 e. The molecule has 2 heterocycles. The molecule has 0 saturated carbocycles. The van der Waals surface area contributed by atoms with Gasteiger partial charge in [-0.05, 0) is 37.1 Å². The Hall–Kier alpha value is -2.09. The van der Waals surface area contributed by atoms with E-state index in [9.17, 15) is 18.0 Å². The van der Waals surface area contributed by atoms with Gasteiger partial charge in [0.05, 0.1) is 12.3 Å². The zero-order valence-corrected chi connectivity index (χ0v) is 13.9. The van der Waals surface area contributed by atoms with Gasteiger partial charge in [-0.1, -0.05) is 0 Å². The number of carbonyl (C=O) groups is 1. The van der Waals surface area contributed by atoms with Gasteiger partial charge in [0.15, 0.2) is 0 Å². The first-order chi connectivity index (χ1) is 11.7. The van der Waals surface area contributed by atoms with E-state index >= 15 is 0 Å². The van der Waals surface area contributed by atoms with Crippen molar-refractivity contribution in [2.75, 3.05) is 13.1 Å². The quantitative estimate of drug-likeness (QED) is 0.841. The molecule has 3 rings (SSSR count). The van der Waals surface area contributed by atoms with Crippen molar-refractivity contribution < 1.29 is 27.4 Å². The van der Waals surface area contributed by atoms with Gasteiger partial charge in [-0.15, -0.1) is 0 Å². The molecule has 0 aromatic carbocycles. The number of carbonyl (C=O) groups excluding carboxylic acids is 1. The third-order valence-electron chi connectivity index (χ3n) is 4.21. The number of piperidine rings is 1. The number of rotatable bonds is 4. The van der Waals surface area contributed by atoms with Crippen LogP contribution < -0.4 is 10.1 Å². The summed E-state index contributed by atoms with van der Waals surface area (Å²) in [4.78, 5) is 15.4. The van der Waals surface area contributed by atoms with Crippen LogP contribution in [0.3, 0.4) is 0 Å². The summed E-state index contributed by atoms with van der Waals surface area (Å²) in [5, 5.41) is 3.04. The number of halogens is 3. The molecule has 0 radical (unpaired) electrons. The molecule has 1 fully saturated rings. The first-order valence-electron chi connectivity index (χ1n) is 8.04. The summed E-state index contributed by atoms with van der Waals surface area (Å²) in [7, 11) is 0. The molecule has 136 valence electrons. The van der Waals surface area contributed by atoms with E-state index in [2.05, 4.69) is 10.3 Å². The van der Waals surface area contributed by atoms with Crippen LogP contribution in [0, 0.1) is 5.92 Å². The maximum atomic E-state index is 12.6. The second kappa shape index (κ2) is 6.33. The predicted octanol–water partition coefficient (Wildman–Crippen LogP) is 2.72. The molecule has 0 spiro atoms. The Bertz CT molecular complexity index is 703. The van der Waals surface area contributed by atoms with Gasteiger partial charge in [-0.25, -0.2) is 4.79 Å². The van der Waals surface area contributed by atoms with Gasteiger partial charge in [-0.3, -0.25) is 4.98 Å². The molecule has 25 heavy (non-hydrogen) atoms. The van der Waals surface area contributed by atoms with Crippen LogP contribution in [-0.2, 0) is 9.53 Å². The van der Waals surface area contributed by atoms with E-state index in [1.807, 2.05) is 13.8 Å². The summed E-state index contributed by atoms with van der Waals surface area (Å²) in [6.45, 7) is 4.55. The summed E-state index contributed by atoms with van der Waals surface area (Å²) in [6.07, 6.45) is 0.144. The Morgan fingerprint density at radius 1 is 1.40 bits per heavy atom. The highest BCUT2D eigenvalue weighted by Crippen LogP contribution is 2.44. The van der Waals surface area contributed by atoms with Gasteiger partial charge in [-0.2, -0.15) is 13.2 Å². The number of aromatic nitrogens is 1. The molecule has 2 unspecified atom stereocenters. The number of nitrogens with zero attached hydrogens (tertiary/aromatic N) is 1. The van der Waals surface area contributed by atoms with Crippen molar-refractivity contribution in [3.8, 4) is 5.75 Å². The lowest BCUT2D eigenvalue weighted by Crippen LogP contribution is -2.49. The lowest BCUT2D eigenvalue weighted by atomic mass is 9.91. The Morgan fingerprint density at radius 2 is 2.16 bits per heavy atom. The Balaban J connectivity index is 1.88. The fourth-order valence-electron chi connectivity index (χ4n) is 3.33. The van der Waals surface area contributed by atoms with Crippen molar-refractivity contribution in [3.05, 3.63) is 30.1 Å². The number of fused-ring (bicyclic) bond motifs is 2. The summed E-state index contributed by atoms with van der Waals surface area (Å²) >= 11 is 0. The fraction of sp³-hybridized carbons (Fsp3) is 0.529. The van der Waals surface area contributed by atoms with Crippen LogP contribution in [0.25, 0.3) is 5.57 Å². The zero-order valence-electron chi connectivity index (χ0n) is 13.9. The second-order valence-corrected chi connectivity index (χ2v) is 6.66. The highest BCUT2D eigenvalue weighted by atomic mass is 19.4. The summed E-state index contributed by atoms with van der Waals surface area (Å²) in [5.74, 6) is -1.63. The van der Waals surface area contributed by atoms with E-state index < -0.39 is 17.7 Å². The van der Waals surface area contributed by atoms with Crippen molar-refractivity contribution in [1.29, 1.82) is 0 Å². The Labute approximate surface area is 143 Å². The summed E-state index contributed by atoms with van der Waals surface area (Å²) in [6, 6.07) is 1.80. The minimum Gasteiger partial charge on any atom is -0.489 e. The van der Waals surface area contributed by atoms with Crippen molar-refractivity contribution in [3.63, 3.8) is 0 Å². The maximum absolute atomic E-state index is 12.6. The topological polar surface area (TPSA) is 60.5 Å². The molecule has 1 aliphatic carbocycles. The number of ether oxygens (including phenoxy) is 2. The number of esters is 1. The van der Waals surface area contributed by atoms with Crippen molar-refractivity contribution >= 4 is 11.5 Å². The van der Waals surface area contributed by atoms with Gasteiger partial charge >= 0.3 is 12.1 Å². The summed E-state index contributed by atoms with van der Waals surface area (Å²) in [5.41, 5.74) is 0.304. The van der Waals surface area contributed by atoms with Crippen LogP contribution in [0.1, 0.15) is 25.8 Å². The van der Waals surface area contributed by atoms with Crippen LogP contribution in [-0.4, -0.2) is 41.9 Å². The molecule has 2 aliphatic rings. The predicted molar refractivity (Wildman–Crippen MR) is 83.8 cm³/mol. The highest BCUT2D eigenvalue weighted by Gasteiger charge is 2.50. The molecule has 8 heteroatoms. The SMILES string of the molecule is CC(C)Oc1cncc(C2=CC3(OC(=O)C(F)(F)F)CNCC2C3)c1. The van der Waals surface area contributed by atoms with Crippen LogP contribution >= 0.6 is 0 Å². The molecule has 2 atom stereocenters. The molecule has 2 bridgehead atoms. The molecular weight excluding hydrogens is 337 g/mol. The molecule has 1 aromatic heterocycles. The molecule has 1 saturated heterocycles. The number of hydrogen-bond donors (Lipinski definition) is 1. The Morgan fingerprint density at radius 3 is 2.84 bits per heavy atom. The highest BCUT2D eigenvalue weighted by molar-refractivity contribution is 5.78. The van der Waals surface area contributed by atoms with Crippen molar-refractivity contribution in [2.24, 2.45) is 5.92 Å². The minimum absolute atomic E-state index is 0.0189. The average Bonchev–Trinajstić information content (AvgIpc) is 2.76. The maximum Gasteiger partial charge on any atom is 0.490 e. The van der Waals surface area contributed by atoms with E-state index in [1.54, 1.807) is 24.5 Å². The molecule has 1 aliphatic heterocycles. The van der Waals surface area contributed by atoms with Crippen LogP contribution in [0.15, 0.2) is 24.5 Å². The number of hydrogen-bond acceptors (Lipinski definition) is 5.